The van der Waals surface area contributed by atoms with Crippen LogP contribution in [0.3, 0.4) is 0 Å². The molecule has 2 aromatic rings. The van der Waals surface area contributed by atoms with Crippen molar-refractivity contribution in [3.8, 4) is 0 Å². The Balaban J connectivity index is 1.54. The molecule has 1 aliphatic heterocycles. The van der Waals surface area contributed by atoms with Crippen molar-refractivity contribution in [2.75, 3.05) is 31.1 Å². The third kappa shape index (κ3) is 3.87. The fraction of sp³-hybridized carbons (Fsp3) is 0.278. The highest BCUT2D eigenvalue weighted by Crippen LogP contribution is 2.14. The first-order valence-corrected chi connectivity index (χ1v) is 7.76. The predicted octanol–water partition coefficient (Wildman–Crippen LogP) is 0.0943. The standard InChI is InChI=1S/C18H19FN2O2/c19-16-5-7-17(8-6-16)21-11-9-20(10-12-21)13-14-1-3-15(4-2-14)18(22)23/h1-8H,9-13H2,(H,22,23). The van der Waals surface area contributed by atoms with Crippen LogP contribution in [0.25, 0.3) is 0 Å². The number of hydrogen-bond donors (Lipinski definition) is 1. The minimum Gasteiger partial charge on any atom is -0.545 e. The van der Waals surface area contributed by atoms with Crippen molar-refractivity contribution in [3.63, 3.8) is 0 Å². The second-order valence-electron chi connectivity index (χ2n) is 5.87. The van der Waals surface area contributed by atoms with Gasteiger partial charge in [-0.25, -0.2) is 4.39 Å². The van der Waals surface area contributed by atoms with Crippen molar-refractivity contribution in [3.05, 3.63) is 65.5 Å². The number of carbonyl (C=O) groups excluding carboxylic acids is 1. The summed E-state index contributed by atoms with van der Waals surface area (Å²) in [4.78, 5) is 14.5. The number of benzene rings is 2. The van der Waals surface area contributed by atoms with E-state index in [1.807, 2.05) is 24.3 Å². The van der Waals surface area contributed by atoms with E-state index in [9.17, 15) is 14.3 Å². The van der Waals surface area contributed by atoms with Crippen molar-refractivity contribution in [2.45, 2.75) is 6.54 Å². The highest BCUT2D eigenvalue weighted by Gasteiger charge is 2.20. The summed E-state index contributed by atoms with van der Waals surface area (Å²) < 4.78 is 13.0. The lowest BCUT2D eigenvalue weighted by Crippen LogP contribution is -3.13. The molecule has 0 bridgehead atoms. The largest absolute Gasteiger partial charge is 0.545 e. The van der Waals surface area contributed by atoms with Crippen LogP contribution in [0.15, 0.2) is 48.5 Å². The maximum Gasteiger partial charge on any atom is 0.123 e. The molecule has 3 rings (SSSR count). The fourth-order valence-electron chi connectivity index (χ4n) is 2.96. The van der Waals surface area contributed by atoms with E-state index in [2.05, 4.69) is 4.90 Å². The molecule has 1 fully saturated rings. The van der Waals surface area contributed by atoms with Crippen LogP contribution in [0.2, 0.25) is 0 Å². The van der Waals surface area contributed by atoms with Gasteiger partial charge >= 0.3 is 0 Å². The van der Waals surface area contributed by atoms with Crippen LogP contribution in [0, 0.1) is 5.82 Å². The molecular weight excluding hydrogens is 295 g/mol. The van der Waals surface area contributed by atoms with Crippen LogP contribution in [0.5, 0.6) is 0 Å². The molecule has 0 atom stereocenters. The Labute approximate surface area is 134 Å². The molecule has 2 aromatic carbocycles. The smallest absolute Gasteiger partial charge is 0.123 e. The van der Waals surface area contributed by atoms with E-state index >= 15 is 0 Å². The Hall–Kier alpha value is -2.40. The zero-order valence-corrected chi connectivity index (χ0v) is 12.8. The van der Waals surface area contributed by atoms with Crippen molar-refractivity contribution < 1.29 is 19.2 Å². The number of nitrogens with one attached hydrogen (secondary N) is 1. The van der Waals surface area contributed by atoms with Gasteiger partial charge in [0, 0.05) is 11.3 Å². The normalized spacial score (nSPS) is 15.6. The zero-order valence-electron chi connectivity index (χ0n) is 12.8. The highest BCUT2D eigenvalue weighted by atomic mass is 19.1. The lowest BCUT2D eigenvalue weighted by atomic mass is 10.1. The topological polar surface area (TPSA) is 47.8 Å². The van der Waals surface area contributed by atoms with Crippen LogP contribution in [0.1, 0.15) is 15.9 Å². The Morgan fingerprint density at radius 3 is 2.22 bits per heavy atom. The summed E-state index contributed by atoms with van der Waals surface area (Å²) in [5.74, 6) is -1.35. The number of nitrogens with zero attached hydrogens (tertiary/aromatic N) is 1. The van der Waals surface area contributed by atoms with Crippen molar-refractivity contribution >= 4 is 11.7 Å². The fourth-order valence-corrected chi connectivity index (χ4v) is 2.96. The monoisotopic (exact) mass is 314 g/mol. The van der Waals surface area contributed by atoms with E-state index in [1.54, 1.807) is 12.1 Å². The van der Waals surface area contributed by atoms with Crippen LogP contribution in [-0.4, -0.2) is 32.1 Å². The minimum atomic E-state index is -1.14. The van der Waals surface area contributed by atoms with Gasteiger partial charge in [-0.05, 0) is 29.8 Å². The molecule has 5 heteroatoms. The van der Waals surface area contributed by atoms with E-state index in [-0.39, 0.29) is 11.4 Å². The van der Waals surface area contributed by atoms with Gasteiger partial charge in [-0.1, -0.05) is 24.3 Å². The molecule has 0 spiro atoms. The first kappa shape index (κ1) is 15.5. The summed E-state index contributed by atoms with van der Waals surface area (Å²) in [6.45, 7) is 4.74. The number of hydrogen-bond acceptors (Lipinski definition) is 3. The second kappa shape index (κ2) is 6.79. The number of carboxylic acids is 1. The summed E-state index contributed by atoms with van der Waals surface area (Å²) in [7, 11) is 0. The molecule has 1 N–H and O–H groups in total. The molecule has 0 amide bonds. The first-order chi connectivity index (χ1) is 11.1. The third-order valence-corrected chi connectivity index (χ3v) is 4.31. The lowest BCUT2D eigenvalue weighted by Gasteiger charge is -2.33. The van der Waals surface area contributed by atoms with E-state index in [4.69, 9.17) is 0 Å². The Kier molecular flexibility index (Phi) is 4.57. The quantitative estimate of drug-likeness (QED) is 0.870. The summed E-state index contributed by atoms with van der Waals surface area (Å²) in [5, 5.41) is 10.7. The average Bonchev–Trinajstić information content (AvgIpc) is 2.57. The van der Waals surface area contributed by atoms with Gasteiger partial charge in [0.05, 0.1) is 32.1 Å². The number of halogens is 1. The first-order valence-electron chi connectivity index (χ1n) is 7.76. The van der Waals surface area contributed by atoms with Gasteiger partial charge in [-0.3, -0.25) is 0 Å². The van der Waals surface area contributed by atoms with Gasteiger partial charge in [0.2, 0.25) is 0 Å². The van der Waals surface area contributed by atoms with Crippen LogP contribution in [-0.2, 0) is 6.54 Å². The van der Waals surface area contributed by atoms with E-state index in [1.165, 1.54) is 17.0 Å². The highest BCUT2D eigenvalue weighted by molar-refractivity contribution is 5.85. The number of carboxylic acid groups (broad SMARTS) is 1. The summed E-state index contributed by atoms with van der Waals surface area (Å²) in [6.07, 6.45) is 0. The Morgan fingerprint density at radius 2 is 1.65 bits per heavy atom. The maximum atomic E-state index is 13.0. The molecular formula is C18H19FN2O2. The summed E-state index contributed by atoms with van der Waals surface area (Å²) >= 11 is 0. The molecule has 0 radical (unpaired) electrons. The van der Waals surface area contributed by atoms with E-state index in [0.717, 1.165) is 44.0 Å². The van der Waals surface area contributed by atoms with Crippen molar-refractivity contribution in [2.24, 2.45) is 0 Å². The van der Waals surface area contributed by atoms with Gasteiger partial charge < -0.3 is 19.7 Å². The molecule has 1 aliphatic rings. The van der Waals surface area contributed by atoms with Crippen LogP contribution >= 0.6 is 0 Å². The van der Waals surface area contributed by atoms with E-state index in [0.29, 0.717) is 0 Å². The Bertz CT molecular complexity index is 662. The molecule has 0 saturated carbocycles. The average molecular weight is 314 g/mol. The minimum absolute atomic E-state index is 0.210. The van der Waals surface area contributed by atoms with Gasteiger partial charge in [-0.15, -0.1) is 0 Å². The maximum absolute atomic E-state index is 13.0. The SMILES string of the molecule is O=C([O-])c1ccc(C[NH+]2CCN(c3ccc(F)cc3)CC2)cc1. The lowest BCUT2D eigenvalue weighted by molar-refractivity contribution is -0.914. The van der Waals surface area contributed by atoms with Crippen molar-refractivity contribution in [1.29, 1.82) is 0 Å². The summed E-state index contributed by atoms with van der Waals surface area (Å²) in [6, 6.07) is 13.5. The number of carbonyl (C=O) groups is 1. The van der Waals surface area contributed by atoms with Crippen LogP contribution < -0.4 is 14.9 Å². The predicted molar refractivity (Wildman–Crippen MR) is 83.8 cm³/mol. The van der Waals surface area contributed by atoms with Gasteiger partial charge in [-0.2, -0.15) is 0 Å². The number of aromatic carboxylic acids is 1. The number of piperazine rings is 1. The third-order valence-electron chi connectivity index (χ3n) is 4.31. The summed E-state index contributed by atoms with van der Waals surface area (Å²) in [5.41, 5.74) is 2.40. The second-order valence-corrected chi connectivity index (χ2v) is 5.87. The number of quaternary nitrogens is 1. The molecule has 0 unspecified atom stereocenters. The van der Waals surface area contributed by atoms with Gasteiger partial charge in [0.15, 0.2) is 0 Å². The zero-order chi connectivity index (χ0) is 16.2. The molecule has 23 heavy (non-hydrogen) atoms. The van der Waals surface area contributed by atoms with Gasteiger partial charge in [0.25, 0.3) is 0 Å². The number of rotatable bonds is 4. The van der Waals surface area contributed by atoms with Crippen LogP contribution in [0.4, 0.5) is 10.1 Å². The Morgan fingerprint density at radius 1 is 1.04 bits per heavy atom. The molecule has 0 aliphatic carbocycles. The number of anilines is 1. The van der Waals surface area contributed by atoms with Crippen molar-refractivity contribution in [1.82, 2.24) is 0 Å². The molecule has 120 valence electrons. The van der Waals surface area contributed by atoms with Gasteiger partial charge in [0.1, 0.15) is 12.4 Å². The molecule has 4 nitrogen and oxygen atoms in total. The molecule has 0 aromatic heterocycles. The molecule has 1 saturated heterocycles. The van der Waals surface area contributed by atoms with E-state index < -0.39 is 5.97 Å². The molecule has 1 heterocycles.